The molecule has 0 radical (unpaired) electrons. The van der Waals surface area contributed by atoms with Gasteiger partial charge in [0.1, 0.15) is 0 Å². The lowest BCUT2D eigenvalue weighted by atomic mass is 10.1. The number of hydrogen-bond donors (Lipinski definition) is 2. The molecular formula is C20H20N2O5. The highest BCUT2D eigenvalue weighted by Crippen LogP contribution is 2.30. The van der Waals surface area contributed by atoms with Gasteiger partial charge in [0.25, 0.3) is 11.8 Å². The first-order chi connectivity index (χ1) is 13.1. The van der Waals surface area contributed by atoms with E-state index in [0.717, 1.165) is 5.56 Å². The Labute approximate surface area is 156 Å². The van der Waals surface area contributed by atoms with Crippen LogP contribution in [0.2, 0.25) is 0 Å². The maximum absolute atomic E-state index is 12.2. The Morgan fingerprint density at radius 3 is 2.56 bits per heavy atom. The highest BCUT2D eigenvalue weighted by molar-refractivity contribution is 6.08. The van der Waals surface area contributed by atoms with Crippen LogP contribution in [0.4, 0.5) is 5.69 Å². The molecule has 140 valence electrons. The molecule has 2 aromatic carbocycles. The van der Waals surface area contributed by atoms with Crippen molar-refractivity contribution in [2.75, 3.05) is 26.1 Å². The summed E-state index contributed by atoms with van der Waals surface area (Å²) in [6.07, 6.45) is 1.13. The number of anilines is 1. The summed E-state index contributed by atoms with van der Waals surface area (Å²) in [5.74, 6) is 0.216. The molecule has 0 spiro atoms. The van der Waals surface area contributed by atoms with Crippen LogP contribution in [0.1, 0.15) is 15.9 Å². The second kappa shape index (κ2) is 8.48. The quantitative estimate of drug-likeness (QED) is 0.604. The number of ether oxygens (including phenoxy) is 3. The molecule has 2 aromatic rings. The minimum atomic E-state index is -0.497. The number of benzene rings is 2. The largest absolute Gasteiger partial charge is 0.449 e. The maximum Gasteiger partial charge on any atom is 0.291 e. The summed E-state index contributed by atoms with van der Waals surface area (Å²) in [6, 6.07) is 14.0. The molecule has 2 amide bonds. The number of methoxy groups -OCH3 is 2. The average Bonchev–Trinajstić information content (AvgIpc) is 2.69. The number of rotatable bonds is 6. The third-order valence-electron chi connectivity index (χ3n) is 4.00. The van der Waals surface area contributed by atoms with Crippen molar-refractivity contribution in [3.8, 4) is 5.75 Å². The van der Waals surface area contributed by atoms with Gasteiger partial charge in [-0.1, -0.05) is 24.3 Å². The van der Waals surface area contributed by atoms with Gasteiger partial charge in [-0.2, -0.15) is 0 Å². The predicted octanol–water partition coefficient (Wildman–Crippen LogP) is 2.41. The smallest absolute Gasteiger partial charge is 0.291 e. The second-order valence-electron chi connectivity index (χ2n) is 5.79. The summed E-state index contributed by atoms with van der Waals surface area (Å²) in [4.78, 5) is 24.3. The van der Waals surface area contributed by atoms with E-state index in [0.29, 0.717) is 17.0 Å². The van der Waals surface area contributed by atoms with Crippen molar-refractivity contribution in [1.82, 2.24) is 5.32 Å². The molecular weight excluding hydrogens is 348 g/mol. The van der Waals surface area contributed by atoms with Crippen LogP contribution in [-0.2, 0) is 14.3 Å². The van der Waals surface area contributed by atoms with Gasteiger partial charge in [0.15, 0.2) is 17.8 Å². The summed E-state index contributed by atoms with van der Waals surface area (Å²) >= 11 is 0. The maximum atomic E-state index is 12.2. The van der Waals surface area contributed by atoms with Crippen LogP contribution in [-0.4, -0.2) is 38.9 Å². The van der Waals surface area contributed by atoms with Crippen molar-refractivity contribution in [1.29, 1.82) is 0 Å². The lowest BCUT2D eigenvalue weighted by molar-refractivity contribution is -0.115. The number of para-hydroxylation sites is 2. The number of hydrogen-bond acceptors (Lipinski definition) is 5. The van der Waals surface area contributed by atoms with E-state index in [1.807, 2.05) is 12.1 Å². The van der Waals surface area contributed by atoms with Crippen molar-refractivity contribution in [2.45, 2.75) is 6.29 Å². The summed E-state index contributed by atoms with van der Waals surface area (Å²) in [7, 11) is 3.01. The Morgan fingerprint density at radius 1 is 1.15 bits per heavy atom. The molecule has 2 N–H and O–H groups in total. The molecule has 0 saturated heterocycles. The molecule has 7 nitrogen and oxygen atoms in total. The van der Waals surface area contributed by atoms with Gasteiger partial charge < -0.3 is 24.8 Å². The molecule has 0 aliphatic carbocycles. The van der Waals surface area contributed by atoms with Gasteiger partial charge in [-0.3, -0.25) is 9.59 Å². The Hall–Kier alpha value is -3.16. The minimum absolute atomic E-state index is 0.189. The first-order valence-electron chi connectivity index (χ1n) is 8.34. The third-order valence-corrected chi connectivity index (χ3v) is 4.00. The second-order valence-corrected chi connectivity index (χ2v) is 5.79. The number of carbonyl (C=O) groups is 2. The Balaban J connectivity index is 1.68. The van der Waals surface area contributed by atoms with Crippen molar-refractivity contribution >= 4 is 23.6 Å². The van der Waals surface area contributed by atoms with Crippen LogP contribution >= 0.6 is 0 Å². The Kier molecular flexibility index (Phi) is 5.85. The van der Waals surface area contributed by atoms with Crippen LogP contribution in [0.25, 0.3) is 6.08 Å². The van der Waals surface area contributed by atoms with E-state index in [-0.39, 0.29) is 24.1 Å². The topological polar surface area (TPSA) is 85.9 Å². The Morgan fingerprint density at radius 2 is 1.85 bits per heavy atom. The molecule has 0 saturated carbocycles. The zero-order chi connectivity index (χ0) is 19.2. The van der Waals surface area contributed by atoms with Gasteiger partial charge in [0.2, 0.25) is 0 Å². The normalized spacial score (nSPS) is 14.5. The Bertz CT molecular complexity index is 857. The summed E-state index contributed by atoms with van der Waals surface area (Å²) in [5, 5.41) is 5.50. The fraction of sp³-hybridized carbons (Fsp3) is 0.200. The van der Waals surface area contributed by atoms with E-state index >= 15 is 0 Å². The van der Waals surface area contributed by atoms with Crippen molar-refractivity contribution < 1.29 is 23.8 Å². The first kappa shape index (κ1) is 18.6. The van der Waals surface area contributed by atoms with Crippen molar-refractivity contribution in [3.05, 3.63) is 65.4 Å². The molecule has 1 aliphatic heterocycles. The SMILES string of the molecule is COC(CNC(=O)c1ccc(/C=C2\Oc3ccccc3NC2=O)cc1)OC. The number of fused-ring (bicyclic) bond motifs is 1. The number of amides is 2. The van der Waals surface area contributed by atoms with Gasteiger partial charge in [-0.25, -0.2) is 0 Å². The van der Waals surface area contributed by atoms with E-state index in [9.17, 15) is 9.59 Å². The summed E-state index contributed by atoms with van der Waals surface area (Å²) < 4.78 is 15.7. The zero-order valence-corrected chi connectivity index (χ0v) is 15.0. The lowest BCUT2D eigenvalue weighted by Gasteiger charge is -2.19. The minimum Gasteiger partial charge on any atom is -0.449 e. The molecule has 0 bridgehead atoms. The first-order valence-corrected chi connectivity index (χ1v) is 8.34. The van der Waals surface area contributed by atoms with Gasteiger partial charge in [-0.05, 0) is 35.9 Å². The molecule has 27 heavy (non-hydrogen) atoms. The predicted molar refractivity (Wildman–Crippen MR) is 100 cm³/mol. The van der Waals surface area contributed by atoms with Crippen LogP contribution in [0.15, 0.2) is 54.3 Å². The van der Waals surface area contributed by atoms with Crippen LogP contribution in [0.5, 0.6) is 5.75 Å². The van der Waals surface area contributed by atoms with E-state index in [4.69, 9.17) is 14.2 Å². The molecule has 0 atom stereocenters. The van der Waals surface area contributed by atoms with Gasteiger partial charge in [0.05, 0.1) is 12.2 Å². The monoisotopic (exact) mass is 368 g/mol. The molecule has 0 unspecified atom stereocenters. The summed E-state index contributed by atoms with van der Waals surface area (Å²) in [6.45, 7) is 0.241. The fourth-order valence-electron chi connectivity index (χ4n) is 2.53. The van der Waals surface area contributed by atoms with Gasteiger partial charge in [-0.15, -0.1) is 0 Å². The highest BCUT2D eigenvalue weighted by Gasteiger charge is 2.21. The lowest BCUT2D eigenvalue weighted by Crippen LogP contribution is -2.34. The van der Waals surface area contributed by atoms with Crippen molar-refractivity contribution in [2.24, 2.45) is 0 Å². The number of carbonyl (C=O) groups excluding carboxylic acids is 2. The third kappa shape index (κ3) is 4.52. The van der Waals surface area contributed by atoms with Crippen LogP contribution in [0.3, 0.4) is 0 Å². The van der Waals surface area contributed by atoms with E-state index in [1.54, 1.807) is 42.5 Å². The molecule has 0 aromatic heterocycles. The van der Waals surface area contributed by atoms with Crippen LogP contribution < -0.4 is 15.4 Å². The molecule has 7 heteroatoms. The fourth-order valence-corrected chi connectivity index (χ4v) is 2.53. The van der Waals surface area contributed by atoms with Crippen molar-refractivity contribution in [3.63, 3.8) is 0 Å². The molecule has 3 rings (SSSR count). The van der Waals surface area contributed by atoms with Gasteiger partial charge >= 0.3 is 0 Å². The summed E-state index contributed by atoms with van der Waals surface area (Å²) in [5.41, 5.74) is 1.86. The molecule has 1 heterocycles. The highest BCUT2D eigenvalue weighted by atomic mass is 16.7. The average molecular weight is 368 g/mol. The van der Waals surface area contributed by atoms with Crippen LogP contribution in [0, 0.1) is 0 Å². The molecule has 0 fully saturated rings. The van der Waals surface area contributed by atoms with E-state index in [1.165, 1.54) is 14.2 Å². The molecule has 1 aliphatic rings. The standard InChI is InChI=1S/C20H20N2O5/c1-25-18(26-2)12-21-19(23)14-9-7-13(8-10-14)11-17-20(24)22-15-5-3-4-6-16(15)27-17/h3-11,18H,12H2,1-2H3,(H,21,23)(H,22,24)/b17-11-. The number of nitrogens with one attached hydrogen (secondary N) is 2. The van der Waals surface area contributed by atoms with E-state index < -0.39 is 6.29 Å². The van der Waals surface area contributed by atoms with E-state index in [2.05, 4.69) is 10.6 Å². The van der Waals surface area contributed by atoms with Gasteiger partial charge in [0, 0.05) is 19.8 Å². The zero-order valence-electron chi connectivity index (χ0n) is 15.0.